The standard InChI is InChI=1S/C18H22N5O10P/c1-31-9-2-8(13(25)10(24)3-9)4-19-16-12-17(21-6-20-16)23(7-22-12)18-15(27)14(26)11(33-18)5-32-34(28,29)30/h2-3,6-7,11,14-15,18,24-27H,4-5H2,1H3,(H,19,20,21)(H2,28,29,30)/t11-,14-,15-,18-/m1/s1. The van der Waals surface area contributed by atoms with Crippen LogP contribution in [0.1, 0.15) is 11.8 Å². The summed E-state index contributed by atoms with van der Waals surface area (Å²) in [6, 6.07) is 2.80. The first kappa shape index (κ1) is 24.1. The number of phosphoric acid groups is 1. The van der Waals surface area contributed by atoms with E-state index in [1.54, 1.807) is 0 Å². The monoisotopic (exact) mass is 499 g/mol. The van der Waals surface area contributed by atoms with Crippen molar-refractivity contribution in [1.29, 1.82) is 0 Å². The van der Waals surface area contributed by atoms with Crippen molar-refractivity contribution in [3.05, 3.63) is 30.4 Å². The Bertz CT molecular complexity index is 1230. The fraction of sp³-hybridized carbons (Fsp3) is 0.389. The molecule has 3 aromatic rings. The number of phenolic OH excluding ortho intramolecular Hbond substituents is 2. The summed E-state index contributed by atoms with van der Waals surface area (Å²) in [5.41, 5.74) is 0.825. The molecule has 1 aromatic carbocycles. The number of nitrogens with zero attached hydrogens (tertiary/aromatic N) is 4. The summed E-state index contributed by atoms with van der Waals surface area (Å²) in [5.74, 6) is -0.0760. The fourth-order valence-electron chi connectivity index (χ4n) is 3.52. The van der Waals surface area contributed by atoms with Gasteiger partial charge in [-0.2, -0.15) is 0 Å². The van der Waals surface area contributed by atoms with Crippen molar-refractivity contribution in [2.75, 3.05) is 19.0 Å². The Morgan fingerprint density at radius 1 is 1.18 bits per heavy atom. The molecular weight excluding hydrogens is 477 g/mol. The molecule has 1 saturated heterocycles. The van der Waals surface area contributed by atoms with Gasteiger partial charge in [0.15, 0.2) is 34.7 Å². The molecule has 1 aliphatic heterocycles. The molecule has 34 heavy (non-hydrogen) atoms. The van der Waals surface area contributed by atoms with Crippen molar-refractivity contribution in [2.24, 2.45) is 0 Å². The first-order chi connectivity index (χ1) is 16.1. The van der Waals surface area contributed by atoms with Crippen molar-refractivity contribution in [3.63, 3.8) is 0 Å². The van der Waals surface area contributed by atoms with E-state index in [4.69, 9.17) is 19.3 Å². The Kier molecular flexibility index (Phi) is 6.60. The van der Waals surface area contributed by atoms with Crippen LogP contribution >= 0.6 is 7.82 Å². The van der Waals surface area contributed by atoms with Gasteiger partial charge in [-0.3, -0.25) is 9.09 Å². The smallest absolute Gasteiger partial charge is 0.469 e. The van der Waals surface area contributed by atoms with Crippen LogP contribution in [-0.2, 0) is 20.4 Å². The average molecular weight is 499 g/mol. The molecule has 0 amide bonds. The second kappa shape index (κ2) is 9.31. The number of phosphoric ester groups is 1. The first-order valence-electron chi connectivity index (χ1n) is 9.81. The quantitative estimate of drug-likeness (QED) is 0.155. The molecular formula is C18H22N5O10P. The Hall–Kier alpha value is -3.04. The summed E-state index contributed by atoms with van der Waals surface area (Å²) in [4.78, 5) is 30.2. The van der Waals surface area contributed by atoms with E-state index in [9.17, 15) is 25.0 Å². The average Bonchev–Trinajstić information content (AvgIpc) is 3.34. The van der Waals surface area contributed by atoms with Crippen LogP contribution in [0.15, 0.2) is 24.8 Å². The Morgan fingerprint density at radius 2 is 1.94 bits per heavy atom. The zero-order valence-electron chi connectivity index (χ0n) is 17.6. The van der Waals surface area contributed by atoms with Crippen LogP contribution in [0.25, 0.3) is 11.2 Å². The topological polar surface area (TPSA) is 222 Å². The van der Waals surface area contributed by atoms with Gasteiger partial charge in [-0.1, -0.05) is 0 Å². The molecule has 0 unspecified atom stereocenters. The maximum absolute atomic E-state index is 10.9. The van der Waals surface area contributed by atoms with Gasteiger partial charge in [0.05, 0.1) is 20.0 Å². The summed E-state index contributed by atoms with van der Waals surface area (Å²) in [7, 11) is -3.38. The molecule has 7 N–H and O–H groups in total. The molecule has 4 atom stereocenters. The number of ether oxygens (including phenoxy) is 2. The summed E-state index contributed by atoms with van der Waals surface area (Å²) in [6.45, 7) is -0.608. The lowest BCUT2D eigenvalue weighted by atomic mass is 10.1. The van der Waals surface area contributed by atoms with E-state index >= 15 is 0 Å². The zero-order chi connectivity index (χ0) is 24.6. The summed E-state index contributed by atoms with van der Waals surface area (Å²) in [5, 5.41) is 43.6. The van der Waals surface area contributed by atoms with Crippen LogP contribution < -0.4 is 10.1 Å². The lowest BCUT2D eigenvalue weighted by Gasteiger charge is -2.16. The number of aromatic nitrogens is 4. The lowest BCUT2D eigenvalue weighted by molar-refractivity contribution is -0.0504. The molecule has 0 bridgehead atoms. The van der Waals surface area contributed by atoms with Gasteiger partial charge < -0.3 is 45.0 Å². The van der Waals surface area contributed by atoms with Gasteiger partial charge in [0, 0.05) is 18.2 Å². The van der Waals surface area contributed by atoms with E-state index in [2.05, 4.69) is 24.8 Å². The van der Waals surface area contributed by atoms with Crippen molar-refractivity contribution >= 4 is 24.8 Å². The molecule has 15 nitrogen and oxygen atoms in total. The van der Waals surface area contributed by atoms with Gasteiger partial charge in [0.1, 0.15) is 30.4 Å². The Balaban J connectivity index is 1.56. The van der Waals surface area contributed by atoms with E-state index in [1.807, 2.05) is 0 Å². The molecule has 2 aromatic heterocycles. The highest BCUT2D eigenvalue weighted by Crippen LogP contribution is 2.39. The number of fused-ring (bicyclic) bond motifs is 1. The van der Waals surface area contributed by atoms with Gasteiger partial charge in [-0.05, 0) is 6.07 Å². The number of anilines is 1. The number of phenols is 2. The number of hydrogen-bond acceptors (Lipinski definition) is 12. The number of methoxy groups -OCH3 is 1. The molecule has 0 radical (unpaired) electrons. The number of aliphatic hydroxyl groups is 2. The van der Waals surface area contributed by atoms with Crippen LogP contribution in [0, 0.1) is 0 Å². The third-order valence-electron chi connectivity index (χ3n) is 5.20. The first-order valence-corrected chi connectivity index (χ1v) is 11.3. The number of nitrogens with one attached hydrogen (secondary N) is 1. The molecule has 0 aliphatic carbocycles. The predicted molar refractivity (Wildman–Crippen MR) is 113 cm³/mol. The van der Waals surface area contributed by atoms with Gasteiger partial charge in [0.2, 0.25) is 0 Å². The number of imidazole rings is 1. The third-order valence-corrected chi connectivity index (χ3v) is 5.69. The van der Waals surface area contributed by atoms with Gasteiger partial charge in [-0.15, -0.1) is 0 Å². The van der Waals surface area contributed by atoms with E-state index < -0.39 is 39.0 Å². The largest absolute Gasteiger partial charge is 0.504 e. The predicted octanol–water partition coefficient (Wildman–Crippen LogP) is -0.413. The minimum absolute atomic E-state index is 0.0403. The second-order valence-electron chi connectivity index (χ2n) is 7.39. The van der Waals surface area contributed by atoms with Crippen molar-refractivity contribution < 1.29 is 48.8 Å². The van der Waals surface area contributed by atoms with Crippen molar-refractivity contribution in [3.8, 4) is 17.2 Å². The van der Waals surface area contributed by atoms with Crippen LogP contribution in [0.4, 0.5) is 5.82 Å². The molecule has 1 fully saturated rings. The molecule has 184 valence electrons. The van der Waals surface area contributed by atoms with Gasteiger partial charge >= 0.3 is 7.82 Å². The van der Waals surface area contributed by atoms with Crippen molar-refractivity contribution in [2.45, 2.75) is 31.1 Å². The highest BCUT2D eigenvalue weighted by atomic mass is 31.2. The minimum Gasteiger partial charge on any atom is -0.504 e. The third kappa shape index (κ3) is 4.76. The van der Waals surface area contributed by atoms with Crippen LogP contribution in [0.2, 0.25) is 0 Å². The van der Waals surface area contributed by atoms with Gasteiger partial charge in [-0.25, -0.2) is 19.5 Å². The normalized spacial score (nSPS) is 22.9. The molecule has 0 spiro atoms. The van der Waals surface area contributed by atoms with Crippen LogP contribution in [0.5, 0.6) is 17.2 Å². The summed E-state index contributed by atoms with van der Waals surface area (Å²) >= 11 is 0. The van der Waals surface area contributed by atoms with Crippen molar-refractivity contribution in [1.82, 2.24) is 19.5 Å². The minimum atomic E-state index is -4.80. The number of hydrogen-bond donors (Lipinski definition) is 7. The molecule has 0 saturated carbocycles. The Morgan fingerprint density at radius 3 is 2.65 bits per heavy atom. The number of rotatable bonds is 8. The maximum atomic E-state index is 10.9. The van der Waals surface area contributed by atoms with E-state index in [0.29, 0.717) is 11.3 Å². The van der Waals surface area contributed by atoms with E-state index in [0.717, 1.165) is 0 Å². The van der Waals surface area contributed by atoms with Crippen LogP contribution in [0.3, 0.4) is 0 Å². The maximum Gasteiger partial charge on any atom is 0.469 e. The zero-order valence-corrected chi connectivity index (χ0v) is 18.5. The molecule has 3 heterocycles. The second-order valence-corrected chi connectivity index (χ2v) is 8.63. The van der Waals surface area contributed by atoms with E-state index in [1.165, 1.54) is 36.5 Å². The van der Waals surface area contributed by atoms with E-state index in [-0.39, 0.29) is 35.0 Å². The fourth-order valence-corrected chi connectivity index (χ4v) is 3.86. The van der Waals surface area contributed by atoms with Crippen LogP contribution in [-0.4, -0.2) is 81.8 Å². The summed E-state index contributed by atoms with van der Waals surface area (Å²) in [6.07, 6.45) is -2.83. The molecule has 16 heteroatoms. The number of aromatic hydroxyl groups is 2. The summed E-state index contributed by atoms with van der Waals surface area (Å²) < 4.78 is 27.3. The molecule has 1 aliphatic rings. The SMILES string of the molecule is COc1cc(O)c(O)c(CNc2ncnc3c2ncn3[C@@H]2O[C@H](COP(=O)(O)O)[C@@H](O)[C@H]2O)c1. The number of aliphatic hydroxyl groups excluding tert-OH is 2. The molecule has 4 rings (SSSR count). The lowest BCUT2D eigenvalue weighted by Crippen LogP contribution is -2.33. The Labute approximate surface area is 191 Å². The highest BCUT2D eigenvalue weighted by molar-refractivity contribution is 7.46. The van der Waals surface area contributed by atoms with Gasteiger partial charge in [0.25, 0.3) is 0 Å². The highest BCUT2D eigenvalue weighted by Gasteiger charge is 2.45. The number of benzene rings is 1.